The van der Waals surface area contributed by atoms with Crippen LogP contribution in [0, 0.1) is 10.1 Å². The van der Waals surface area contributed by atoms with Crippen LogP contribution in [0.15, 0.2) is 70.0 Å². The van der Waals surface area contributed by atoms with Gasteiger partial charge in [-0.3, -0.25) is 19.7 Å². The molecular formula is C25H18BrClN2O6S. The summed E-state index contributed by atoms with van der Waals surface area (Å²) in [6.45, 7) is 2.27. The minimum atomic E-state index is -0.464. The van der Waals surface area contributed by atoms with Crippen molar-refractivity contribution in [3.63, 3.8) is 0 Å². The molecule has 4 rings (SSSR count). The number of thioether (sulfide) groups is 1. The number of hydrogen-bond acceptors (Lipinski definition) is 7. The number of non-ortho nitro benzene ring substituents is 1. The van der Waals surface area contributed by atoms with Crippen LogP contribution in [0.3, 0.4) is 0 Å². The summed E-state index contributed by atoms with van der Waals surface area (Å²) in [5.41, 5.74) is 1.61. The van der Waals surface area contributed by atoms with Crippen molar-refractivity contribution in [2.45, 2.75) is 13.5 Å². The molecule has 1 saturated heterocycles. The van der Waals surface area contributed by atoms with Crippen molar-refractivity contribution in [3.8, 4) is 11.5 Å². The molecule has 36 heavy (non-hydrogen) atoms. The third kappa shape index (κ3) is 5.72. The summed E-state index contributed by atoms with van der Waals surface area (Å²) in [7, 11) is 0. The number of amides is 2. The number of imide groups is 1. The van der Waals surface area contributed by atoms with Gasteiger partial charge in [-0.1, -0.05) is 45.7 Å². The molecule has 0 aromatic heterocycles. The Morgan fingerprint density at radius 3 is 2.56 bits per heavy atom. The first-order chi connectivity index (χ1) is 17.3. The summed E-state index contributed by atoms with van der Waals surface area (Å²) in [4.78, 5) is 37.5. The summed E-state index contributed by atoms with van der Waals surface area (Å²) >= 11 is 10.3. The molecule has 3 aromatic carbocycles. The lowest BCUT2D eigenvalue weighted by Crippen LogP contribution is -2.27. The van der Waals surface area contributed by atoms with Gasteiger partial charge in [0.15, 0.2) is 11.5 Å². The molecule has 11 heteroatoms. The molecule has 1 aliphatic heterocycles. The highest BCUT2D eigenvalue weighted by molar-refractivity contribution is 9.10. The minimum Gasteiger partial charge on any atom is -0.490 e. The van der Waals surface area contributed by atoms with E-state index in [0.29, 0.717) is 44.4 Å². The van der Waals surface area contributed by atoms with Gasteiger partial charge in [-0.25, -0.2) is 4.90 Å². The van der Waals surface area contributed by atoms with Crippen molar-refractivity contribution < 1.29 is 24.0 Å². The second-order valence-electron chi connectivity index (χ2n) is 7.47. The van der Waals surface area contributed by atoms with E-state index >= 15 is 0 Å². The van der Waals surface area contributed by atoms with Crippen LogP contribution in [0.25, 0.3) is 6.08 Å². The number of nitro groups is 1. The van der Waals surface area contributed by atoms with Gasteiger partial charge in [0.2, 0.25) is 0 Å². The van der Waals surface area contributed by atoms with Crippen LogP contribution in [0.1, 0.15) is 18.1 Å². The average Bonchev–Trinajstić information content (AvgIpc) is 3.12. The molecule has 2 amide bonds. The molecule has 0 N–H and O–H groups in total. The molecule has 3 aromatic rings. The Morgan fingerprint density at radius 2 is 1.83 bits per heavy atom. The Kier molecular flexibility index (Phi) is 7.97. The van der Waals surface area contributed by atoms with Gasteiger partial charge in [-0.15, -0.1) is 0 Å². The van der Waals surface area contributed by atoms with E-state index in [-0.39, 0.29) is 17.2 Å². The second-order valence-corrected chi connectivity index (χ2v) is 9.75. The van der Waals surface area contributed by atoms with E-state index in [4.69, 9.17) is 21.1 Å². The van der Waals surface area contributed by atoms with Crippen LogP contribution in [0.4, 0.5) is 16.2 Å². The van der Waals surface area contributed by atoms with Gasteiger partial charge in [-0.2, -0.15) is 0 Å². The number of hydrogen-bond donors (Lipinski definition) is 0. The number of nitrogens with zero attached hydrogens (tertiary/aromatic N) is 2. The predicted molar refractivity (Wildman–Crippen MR) is 143 cm³/mol. The van der Waals surface area contributed by atoms with Crippen molar-refractivity contribution in [3.05, 3.63) is 96.3 Å². The number of nitro benzene ring substituents is 1. The standard InChI is InChI=1S/C25H18BrClN2O6S/c1-2-34-21-10-16(11-23-24(30)28(25(31)36-23)18-7-4-6-17(27)12-18)20(26)13-22(21)35-14-15-5-3-8-19(9-15)29(32)33/h3-13H,2,14H2,1H3/b23-11+. The monoisotopic (exact) mass is 588 g/mol. The van der Waals surface area contributed by atoms with Gasteiger partial charge < -0.3 is 9.47 Å². The highest BCUT2D eigenvalue weighted by Crippen LogP contribution is 2.40. The van der Waals surface area contributed by atoms with Gasteiger partial charge in [0.25, 0.3) is 16.8 Å². The van der Waals surface area contributed by atoms with Crippen molar-refractivity contribution in [1.29, 1.82) is 0 Å². The van der Waals surface area contributed by atoms with E-state index in [2.05, 4.69) is 15.9 Å². The average molecular weight is 590 g/mol. The Balaban J connectivity index is 1.59. The molecule has 184 valence electrons. The van der Waals surface area contributed by atoms with Crippen LogP contribution in [-0.2, 0) is 11.4 Å². The van der Waals surface area contributed by atoms with Gasteiger partial charge in [0.05, 0.1) is 22.1 Å². The Labute approximate surface area is 224 Å². The molecule has 0 bridgehead atoms. The van der Waals surface area contributed by atoms with Crippen LogP contribution in [-0.4, -0.2) is 22.7 Å². The first-order valence-corrected chi connectivity index (χ1v) is 12.6. The van der Waals surface area contributed by atoms with E-state index in [0.717, 1.165) is 16.7 Å². The lowest BCUT2D eigenvalue weighted by molar-refractivity contribution is -0.384. The summed E-state index contributed by atoms with van der Waals surface area (Å²) in [6.07, 6.45) is 1.60. The fourth-order valence-electron chi connectivity index (χ4n) is 3.41. The van der Waals surface area contributed by atoms with Gasteiger partial charge >= 0.3 is 0 Å². The highest BCUT2D eigenvalue weighted by atomic mass is 79.9. The zero-order chi connectivity index (χ0) is 25.8. The van der Waals surface area contributed by atoms with E-state index in [1.54, 1.807) is 54.6 Å². The smallest absolute Gasteiger partial charge is 0.298 e. The van der Waals surface area contributed by atoms with Crippen molar-refractivity contribution in [1.82, 2.24) is 0 Å². The molecule has 0 unspecified atom stereocenters. The molecule has 0 atom stereocenters. The molecule has 0 aliphatic carbocycles. The molecule has 8 nitrogen and oxygen atoms in total. The molecule has 0 spiro atoms. The minimum absolute atomic E-state index is 0.0237. The van der Waals surface area contributed by atoms with Gasteiger partial charge in [0, 0.05) is 21.6 Å². The molecule has 1 heterocycles. The van der Waals surface area contributed by atoms with Gasteiger partial charge in [-0.05, 0) is 66.2 Å². The normalized spacial score (nSPS) is 14.4. The van der Waals surface area contributed by atoms with E-state index in [1.807, 2.05) is 6.92 Å². The predicted octanol–water partition coefficient (Wildman–Crippen LogP) is 7.23. The lowest BCUT2D eigenvalue weighted by Gasteiger charge is -2.14. The first kappa shape index (κ1) is 25.7. The van der Waals surface area contributed by atoms with Crippen LogP contribution in [0.5, 0.6) is 11.5 Å². The Hall–Kier alpha value is -3.34. The number of carbonyl (C=O) groups is 2. The third-order valence-electron chi connectivity index (χ3n) is 5.03. The summed E-state index contributed by atoms with van der Waals surface area (Å²) in [5.74, 6) is 0.383. The van der Waals surface area contributed by atoms with E-state index in [1.165, 1.54) is 12.1 Å². The molecule has 0 saturated carbocycles. The molecule has 0 radical (unpaired) electrons. The van der Waals surface area contributed by atoms with Crippen LogP contribution in [0.2, 0.25) is 5.02 Å². The van der Waals surface area contributed by atoms with E-state index in [9.17, 15) is 19.7 Å². The number of anilines is 1. The molecule has 1 fully saturated rings. The third-order valence-corrected chi connectivity index (χ3v) is 6.82. The van der Waals surface area contributed by atoms with Gasteiger partial charge in [0.1, 0.15) is 6.61 Å². The van der Waals surface area contributed by atoms with Crippen molar-refractivity contribution in [2.24, 2.45) is 0 Å². The Morgan fingerprint density at radius 1 is 1.08 bits per heavy atom. The first-order valence-electron chi connectivity index (χ1n) is 10.6. The largest absolute Gasteiger partial charge is 0.490 e. The topological polar surface area (TPSA) is 99.0 Å². The zero-order valence-electron chi connectivity index (χ0n) is 18.8. The van der Waals surface area contributed by atoms with E-state index < -0.39 is 16.1 Å². The fourth-order valence-corrected chi connectivity index (χ4v) is 4.86. The van der Waals surface area contributed by atoms with Crippen molar-refractivity contribution in [2.75, 3.05) is 11.5 Å². The highest BCUT2D eigenvalue weighted by Gasteiger charge is 2.36. The maximum atomic E-state index is 13.0. The lowest BCUT2D eigenvalue weighted by atomic mass is 10.1. The molecular weight excluding hydrogens is 572 g/mol. The number of carbonyl (C=O) groups excluding carboxylic acids is 2. The zero-order valence-corrected chi connectivity index (χ0v) is 21.9. The number of ether oxygens (including phenoxy) is 2. The van der Waals surface area contributed by atoms with Crippen LogP contribution >= 0.6 is 39.3 Å². The van der Waals surface area contributed by atoms with Crippen molar-refractivity contribution >= 4 is 67.9 Å². The molecule has 1 aliphatic rings. The maximum Gasteiger partial charge on any atom is 0.298 e. The summed E-state index contributed by atoms with van der Waals surface area (Å²) in [5, 5.41) is 11.0. The van der Waals surface area contributed by atoms with Crippen LogP contribution < -0.4 is 14.4 Å². The SMILES string of the molecule is CCOc1cc(/C=C2/SC(=O)N(c3cccc(Cl)c3)C2=O)c(Br)cc1OCc1cccc([N+](=O)[O-])c1. The quantitative estimate of drug-likeness (QED) is 0.155. The Bertz CT molecular complexity index is 1400. The fraction of sp³-hybridized carbons (Fsp3) is 0.120. The summed E-state index contributed by atoms with van der Waals surface area (Å²) < 4.78 is 12.2. The summed E-state index contributed by atoms with van der Waals surface area (Å²) in [6, 6.07) is 16.1. The number of halogens is 2. The number of benzene rings is 3. The second kappa shape index (κ2) is 11.2. The number of rotatable bonds is 8. The maximum absolute atomic E-state index is 13.0.